The number of Topliss-reactive ketones (excluding diaryl/α,β-unsaturated/α-hetero) is 1. The van der Waals surface area contributed by atoms with E-state index in [1.165, 1.54) is 0 Å². The summed E-state index contributed by atoms with van der Waals surface area (Å²) in [5, 5.41) is 1.12. The van der Waals surface area contributed by atoms with E-state index in [-0.39, 0.29) is 19.8 Å². The molecule has 1 heterocycles. The number of rotatable bonds is 8. The largest absolute Gasteiger partial charge is 0.465 e. The van der Waals surface area contributed by atoms with E-state index in [9.17, 15) is 14.4 Å². The van der Waals surface area contributed by atoms with Crippen LogP contribution in [0, 0.1) is 5.41 Å². The molecule has 0 N–H and O–H groups in total. The van der Waals surface area contributed by atoms with Crippen LogP contribution in [0.2, 0.25) is 13.1 Å². The number of carbonyl (C=O) groups excluding carboxylic acids is 3. The van der Waals surface area contributed by atoms with Gasteiger partial charge in [0.05, 0.1) is 19.8 Å². The number of ether oxygens (including phenoxy) is 3. The quantitative estimate of drug-likeness (QED) is 0.257. The Morgan fingerprint density at radius 3 is 1.97 bits per heavy atom. The Hall–Kier alpha value is -3.03. The average Bonchev–Trinajstić information content (AvgIpc) is 3.19. The zero-order valence-electron chi connectivity index (χ0n) is 19.5. The topological polar surface area (TPSA) is 78.9 Å². The molecule has 1 aliphatic rings. The van der Waals surface area contributed by atoms with Gasteiger partial charge in [-0.05, 0) is 19.4 Å². The van der Waals surface area contributed by atoms with Crippen molar-refractivity contribution in [1.82, 2.24) is 0 Å². The average molecular weight is 467 g/mol. The highest BCUT2D eigenvalue weighted by atomic mass is 28.3. The Morgan fingerprint density at radius 2 is 1.45 bits per heavy atom. The van der Waals surface area contributed by atoms with Crippen molar-refractivity contribution in [3.05, 3.63) is 77.5 Å². The van der Waals surface area contributed by atoms with Crippen LogP contribution < -0.4 is 5.19 Å². The Balaban J connectivity index is 2.20. The van der Waals surface area contributed by atoms with Crippen molar-refractivity contribution < 1.29 is 28.6 Å². The van der Waals surface area contributed by atoms with Gasteiger partial charge in [0.2, 0.25) is 5.41 Å². The number of benzene rings is 2. The van der Waals surface area contributed by atoms with Crippen molar-refractivity contribution in [1.29, 1.82) is 0 Å². The number of hydrogen-bond acceptors (Lipinski definition) is 6. The van der Waals surface area contributed by atoms with E-state index < -0.39 is 37.3 Å². The molecule has 1 atom stereocenters. The van der Waals surface area contributed by atoms with E-state index in [1.807, 2.05) is 36.0 Å². The zero-order chi connectivity index (χ0) is 24.1. The molecule has 1 fully saturated rings. The first kappa shape index (κ1) is 24.6. The first-order valence-corrected chi connectivity index (χ1v) is 14.2. The van der Waals surface area contributed by atoms with Crippen LogP contribution in [-0.2, 0) is 23.8 Å². The van der Waals surface area contributed by atoms with Gasteiger partial charge >= 0.3 is 11.9 Å². The molecule has 1 saturated heterocycles. The molecule has 0 aliphatic carbocycles. The predicted molar refractivity (Wildman–Crippen MR) is 128 cm³/mol. The highest BCUT2D eigenvalue weighted by Crippen LogP contribution is 2.44. The lowest BCUT2D eigenvalue weighted by atomic mass is 9.75. The maximum atomic E-state index is 13.5. The van der Waals surface area contributed by atoms with Gasteiger partial charge < -0.3 is 14.2 Å². The van der Waals surface area contributed by atoms with E-state index >= 15 is 0 Å². The van der Waals surface area contributed by atoms with Crippen molar-refractivity contribution in [2.24, 2.45) is 5.41 Å². The van der Waals surface area contributed by atoms with Gasteiger partial charge in [-0.15, -0.1) is 0 Å². The molecule has 2 aromatic carbocycles. The second-order valence-electron chi connectivity index (χ2n) is 8.43. The summed E-state index contributed by atoms with van der Waals surface area (Å²) in [6, 6.07) is 18.4. The third kappa shape index (κ3) is 4.70. The Kier molecular flexibility index (Phi) is 7.66. The number of hydrogen-bond donors (Lipinski definition) is 0. The standard InChI is InChI=1S/C26H30O6Si/c1-5-30-24(28)26(25(29)31-6-2)20(18-33(3,4)21-15-11-8-12-16-21)17-32-23(26)22(27)19-13-9-7-10-14-19/h7-16,18,23H,5-6,17H2,1-4H3/b20-18+. The minimum atomic E-state index is -2.28. The molecule has 33 heavy (non-hydrogen) atoms. The molecule has 0 amide bonds. The van der Waals surface area contributed by atoms with Gasteiger partial charge in [-0.25, -0.2) is 0 Å². The van der Waals surface area contributed by atoms with Crippen LogP contribution in [0.1, 0.15) is 24.2 Å². The molecule has 0 bridgehead atoms. The Morgan fingerprint density at radius 1 is 0.939 bits per heavy atom. The Labute approximate surface area is 195 Å². The lowest BCUT2D eigenvalue weighted by Gasteiger charge is -2.31. The highest BCUT2D eigenvalue weighted by molar-refractivity contribution is 6.94. The number of esters is 2. The summed E-state index contributed by atoms with van der Waals surface area (Å²) >= 11 is 0. The number of carbonyl (C=O) groups is 3. The van der Waals surface area contributed by atoms with Crippen molar-refractivity contribution in [3.63, 3.8) is 0 Å². The van der Waals surface area contributed by atoms with Crippen LogP contribution in [-0.4, -0.2) is 51.7 Å². The molecule has 1 aliphatic heterocycles. The maximum Gasteiger partial charge on any atom is 0.331 e. The van der Waals surface area contributed by atoms with Crippen LogP contribution in [0.15, 0.2) is 71.9 Å². The molecule has 3 rings (SSSR count). The van der Waals surface area contributed by atoms with Gasteiger partial charge in [0.15, 0.2) is 11.9 Å². The maximum absolute atomic E-state index is 13.5. The fourth-order valence-electron chi connectivity index (χ4n) is 4.20. The minimum Gasteiger partial charge on any atom is -0.465 e. The van der Waals surface area contributed by atoms with Crippen molar-refractivity contribution in [3.8, 4) is 0 Å². The van der Waals surface area contributed by atoms with Crippen molar-refractivity contribution in [2.45, 2.75) is 33.0 Å². The van der Waals surface area contributed by atoms with Gasteiger partial charge in [-0.2, -0.15) is 0 Å². The first-order chi connectivity index (χ1) is 15.8. The van der Waals surface area contributed by atoms with E-state index in [0.717, 1.165) is 5.19 Å². The van der Waals surface area contributed by atoms with Gasteiger partial charge in [0, 0.05) is 5.56 Å². The molecule has 0 saturated carbocycles. The van der Waals surface area contributed by atoms with Crippen LogP contribution >= 0.6 is 0 Å². The van der Waals surface area contributed by atoms with E-state index in [0.29, 0.717) is 11.1 Å². The molecular formula is C26H30O6Si. The summed E-state index contributed by atoms with van der Waals surface area (Å²) < 4.78 is 16.6. The summed E-state index contributed by atoms with van der Waals surface area (Å²) in [6.07, 6.45) is -1.37. The van der Waals surface area contributed by atoms with Gasteiger partial charge in [-0.3, -0.25) is 14.4 Å². The zero-order valence-corrected chi connectivity index (χ0v) is 20.5. The second kappa shape index (κ2) is 10.3. The summed E-state index contributed by atoms with van der Waals surface area (Å²) in [6.45, 7) is 7.62. The Bertz CT molecular complexity index is 1010. The smallest absolute Gasteiger partial charge is 0.331 e. The lowest BCUT2D eigenvalue weighted by Crippen LogP contribution is -2.53. The first-order valence-electron chi connectivity index (χ1n) is 11.1. The fourth-order valence-corrected chi connectivity index (χ4v) is 6.60. The lowest BCUT2D eigenvalue weighted by molar-refractivity contribution is -0.171. The second-order valence-corrected chi connectivity index (χ2v) is 12.7. The van der Waals surface area contributed by atoms with Gasteiger partial charge in [0.25, 0.3) is 0 Å². The number of ketones is 1. The third-order valence-corrected chi connectivity index (χ3v) is 8.74. The molecule has 0 aromatic heterocycles. The van der Waals surface area contributed by atoms with Crippen LogP contribution in [0.3, 0.4) is 0 Å². The summed E-state index contributed by atoms with van der Waals surface area (Å²) in [4.78, 5) is 40.5. The van der Waals surface area contributed by atoms with Crippen LogP contribution in [0.4, 0.5) is 0 Å². The molecule has 0 spiro atoms. The van der Waals surface area contributed by atoms with E-state index in [4.69, 9.17) is 14.2 Å². The summed E-state index contributed by atoms with van der Waals surface area (Å²) in [5.41, 5.74) is 0.752. The minimum absolute atomic E-state index is 0.0376. The molecule has 6 nitrogen and oxygen atoms in total. The SMILES string of the molecule is CCOC(=O)C1(C(=O)OCC)/C(=C/[Si](C)(C)c2ccccc2)COC1C(=O)c1ccccc1. The molecule has 2 aromatic rings. The van der Waals surface area contributed by atoms with Crippen LogP contribution in [0.25, 0.3) is 0 Å². The van der Waals surface area contributed by atoms with Crippen molar-refractivity contribution in [2.75, 3.05) is 19.8 Å². The molecule has 7 heteroatoms. The molecule has 1 unspecified atom stereocenters. The van der Waals surface area contributed by atoms with Crippen LogP contribution in [0.5, 0.6) is 0 Å². The van der Waals surface area contributed by atoms with Crippen molar-refractivity contribution >= 4 is 31.0 Å². The van der Waals surface area contributed by atoms with E-state index in [1.54, 1.807) is 44.2 Å². The summed E-state index contributed by atoms with van der Waals surface area (Å²) in [5.74, 6) is -2.10. The van der Waals surface area contributed by atoms with Gasteiger partial charge in [-0.1, -0.05) is 84.6 Å². The molecule has 0 radical (unpaired) electrons. The monoisotopic (exact) mass is 466 g/mol. The fraction of sp³-hybridized carbons (Fsp3) is 0.346. The normalized spacial score (nSPS) is 18.7. The third-order valence-electron chi connectivity index (χ3n) is 5.85. The molecule has 174 valence electrons. The summed E-state index contributed by atoms with van der Waals surface area (Å²) in [7, 11) is -2.28. The highest BCUT2D eigenvalue weighted by Gasteiger charge is 2.64. The van der Waals surface area contributed by atoms with Gasteiger partial charge in [0.1, 0.15) is 8.07 Å². The predicted octanol–water partition coefficient (Wildman–Crippen LogP) is 3.46. The van der Waals surface area contributed by atoms with E-state index in [2.05, 4.69) is 13.1 Å². The molecular weight excluding hydrogens is 436 g/mol.